The molecule has 0 aliphatic carbocycles. The molecule has 0 aliphatic rings. The number of unbranched alkanes of at least 4 members (excludes halogenated alkanes) is 16. The fraction of sp³-hybridized carbons (Fsp3) is 0.525. The molecule has 2 aromatic rings. The molecule has 0 saturated carbocycles. The molecule has 0 heterocycles. The molecule has 0 spiro atoms. The number of hydrogen-bond donors (Lipinski definition) is 0. The Morgan fingerprint density at radius 3 is 1.47 bits per heavy atom. The Hall–Kier alpha value is -3.43. The summed E-state index contributed by atoms with van der Waals surface area (Å²) in [5.74, 6) is 13.7. The van der Waals surface area contributed by atoms with E-state index in [1.165, 1.54) is 77.0 Å². The average molecular weight is 583 g/mol. The van der Waals surface area contributed by atoms with Gasteiger partial charge in [0.15, 0.2) is 0 Å². The highest BCUT2D eigenvalue weighted by Crippen LogP contribution is 2.18. The molecule has 0 radical (unpaired) electrons. The van der Waals surface area contributed by atoms with Crippen LogP contribution in [-0.2, 0) is 4.79 Å². The number of ether oxygens (including phenoxy) is 2. The average Bonchev–Trinajstić information content (AvgIpc) is 3.03. The Labute approximate surface area is 262 Å². The van der Waals surface area contributed by atoms with E-state index in [1.807, 2.05) is 60.7 Å². The Morgan fingerprint density at radius 2 is 1.00 bits per heavy atom. The summed E-state index contributed by atoms with van der Waals surface area (Å²) in [5, 5.41) is 0. The van der Waals surface area contributed by atoms with Gasteiger partial charge in [-0.1, -0.05) is 139 Å². The van der Waals surface area contributed by atoms with Crippen molar-refractivity contribution in [3.05, 3.63) is 59.7 Å². The molecule has 0 atom stereocenters. The van der Waals surface area contributed by atoms with Gasteiger partial charge < -0.3 is 9.47 Å². The Bertz CT molecular complexity index is 1140. The quantitative estimate of drug-likeness (QED) is 0.0455. The minimum Gasteiger partial charge on any atom is -0.497 e. The third kappa shape index (κ3) is 19.4. The molecule has 2 aromatic carbocycles. The van der Waals surface area contributed by atoms with Crippen molar-refractivity contribution < 1.29 is 14.3 Å². The van der Waals surface area contributed by atoms with Gasteiger partial charge in [0, 0.05) is 19.3 Å². The lowest BCUT2D eigenvalue weighted by Gasteiger charge is -2.05. The summed E-state index contributed by atoms with van der Waals surface area (Å²) >= 11 is 0. The normalized spacial score (nSPS) is 10.6. The van der Waals surface area contributed by atoms with E-state index in [0.29, 0.717) is 12.2 Å². The molecule has 0 unspecified atom stereocenters. The molecule has 0 saturated heterocycles. The molecule has 0 aromatic heterocycles. The van der Waals surface area contributed by atoms with Crippen LogP contribution in [0.25, 0.3) is 12.2 Å². The van der Waals surface area contributed by atoms with Crippen molar-refractivity contribution in [3.63, 3.8) is 0 Å². The number of carbonyl (C=O) groups is 1. The van der Waals surface area contributed by atoms with Gasteiger partial charge in [0.25, 0.3) is 0 Å². The fourth-order valence-electron chi connectivity index (χ4n) is 4.84. The van der Waals surface area contributed by atoms with Crippen molar-refractivity contribution >= 4 is 18.1 Å². The minimum atomic E-state index is -0.161. The van der Waals surface area contributed by atoms with Crippen molar-refractivity contribution in [2.24, 2.45) is 0 Å². The monoisotopic (exact) mass is 582 g/mol. The maximum Gasteiger partial charge on any atom is 0.311 e. The van der Waals surface area contributed by atoms with E-state index in [0.717, 1.165) is 55.4 Å². The van der Waals surface area contributed by atoms with Crippen molar-refractivity contribution in [1.82, 2.24) is 0 Å². The van der Waals surface area contributed by atoms with Crippen LogP contribution in [-0.4, -0.2) is 13.1 Å². The minimum absolute atomic E-state index is 0.161. The topological polar surface area (TPSA) is 35.5 Å². The first-order chi connectivity index (χ1) is 21.2. The van der Waals surface area contributed by atoms with Crippen LogP contribution in [0.1, 0.15) is 140 Å². The Balaban J connectivity index is 1.41. The highest BCUT2D eigenvalue weighted by atomic mass is 16.5. The molecule has 0 N–H and O–H groups in total. The lowest BCUT2D eigenvalue weighted by molar-refractivity contribution is -0.134. The highest BCUT2D eigenvalue weighted by molar-refractivity contribution is 5.73. The molecular weight excluding hydrogens is 528 g/mol. The smallest absolute Gasteiger partial charge is 0.311 e. The standard InChI is InChI=1S/C40H54O3/c1-3-4-5-6-7-8-9-10-11-12-13-14-15-16-17-18-19-20-21-22-23-24-25-40(41)43-39-34-30-37(31-35-39)27-26-36-28-32-38(42-2)33-29-36/h26-35H,3-13,18-25H2,1-2H3/b27-26+. The predicted molar refractivity (Wildman–Crippen MR) is 183 cm³/mol. The zero-order chi connectivity index (χ0) is 30.6. The lowest BCUT2D eigenvalue weighted by atomic mass is 10.1. The van der Waals surface area contributed by atoms with E-state index in [-0.39, 0.29) is 5.97 Å². The summed E-state index contributed by atoms with van der Waals surface area (Å²) in [6.07, 6.45) is 26.6. The summed E-state index contributed by atoms with van der Waals surface area (Å²) in [4.78, 5) is 12.2. The predicted octanol–water partition coefficient (Wildman–Crippen LogP) is 11.2. The number of esters is 1. The van der Waals surface area contributed by atoms with Gasteiger partial charge in [-0.25, -0.2) is 0 Å². The van der Waals surface area contributed by atoms with Gasteiger partial charge in [-0.2, -0.15) is 0 Å². The zero-order valence-corrected chi connectivity index (χ0v) is 26.9. The molecule has 2 rings (SSSR count). The van der Waals surface area contributed by atoms with Crippen molar-refractivity contribution in [2.45, 2.75) is 129 Å². The molecule has 3 heteroatoms. The largest absolute Gasteiger partial charge is 0.497 e. The van der Waals surface area contributed by atoms with E-state index in [4.69, 9.17) is 9.47 Å². The van der Waals surface area contributed by atoms with Gasteiger partial charge >= 0.3 is 5.97 Å². The number of rotatable bonds is 22. The first kappa shape index (κ1) is 35.8. The summed E-state index contributed by atoms with van der Waals surface area (Å²) in [6, 6.07) is 15.5. The van der Waals surface area contributed by atoms with E-state index in [9.17, 15) is 4.79 Å². The van der Waals surface area contributed by atoms with Crippen molar-refractivity contribution in [3.8, 4) is 35.2 Å². The van der Waals surface area contributed by atoms with Gasteiger partial charge in [0.05, 0.1) is 7.11 Å². The van der Waals surface area contributed by atoms with Crippen LogP contribution >= 0.6 is 0 Å². The first-order valence-corrected chi connectivity index (χ1v) is 16.8. The maximum absolute atomic E-state index is 12.2. The van der Waals surface area contributed by atoms with Gasteiger partial charge in [0.1, 0.15) is 11.5 Å². The van der Waals surface area contributed by atoms with Gasteiger partial charge in [0.2, 0.25) is 0 Å². The van der Waals surface area contributed by atoms with Gasteiger partial charge in [-0.3, -0.25) is 4.79 Å². The Morgan fingerprint density at radius 1 is 0.581 bits per heavy atom. The summed E-state index contributed by atoms with van der Waals surface area (Å²) in [5.41, 5.74) is 2.15. The summed E-state index contributed by atoms with van der Waals surface area (Å²) < 4.78 is 10.7. The third-order valence-corrected chi connectivity index (χ3v) is 7.52. The van der Waals surface area contributed by atoms with E-state index in [2.05, 4.69) is 30.6 Å². The van der Waals surface area contributed by atoms with Gasteiger partial charge in [-0.15, -0.1) is 0 Å². The molecule has 3 nitrogen and oxygen atoms in total. The zero-order valence-electron chi connectivity index (χ0n) is 26.9. The number of carbonyl (C=O) groups excluding carboxylic acids is 1. The number of hydrogen-bond acceptors (Lipinski definition) is 3. The number of benzene rings is 2. The molecule has 0 aliphatic heterocycles. The van der Waals surface area contributed by atoms with Crippen LogP contribution in [0.4, 0.5) is 0 Å². The molecular formula is C40H54O3. The highest BCUT2D eigenvalue weighted by Gasteiger charge is 2.04. The molecule has 232 valence electrons. The molecule has 0 bridgehead atoms. The van der Waals surface area contributed by atoms with E-state index in [1.54, 1.807) is 7.11 Å². The maximum atomic E-state index is 12.2. The molecule has 0 amide bonds. The summed E-state index contributed by atoms with van der Waals surface area (Å²) in [7, 11) is 1.66. The van der Waals surface area contributed by atoms with E-state index >= 15 is 0 Å². The second-order valence-corrected chi connectivity index (χ2v) is 11.3. The van der Waals surface area contributed by atoms with Crippen molar-refractivity contribution in [1.29, 1.82) is 0 Å². The van der Waals surface area contributed by atoms with Crippen LogP contribution < -0.4 is 9.47 Å². The first-order valence-electron chi connectivity index (χ1n) is 16.8. The van der Waals surface area contributed by atoms with Crippen LogP contribution in [0, 0.1) is 23.7 Å². The van der Waals surface area contributed by atoms with Gasteiger partial charge in [-0.05, 0) is 66.5 Å². The van der Waals surface area contributed by atoms with Crippen LogP contribution in [0.5, 0.6) is 11.5 Å². The van der Waals surface area contributed by atoms with Crippen molar-refractivity contribution in [2.75, 3.05) is 7.11 Å². The van der Waals surface area contributed by atoms with Crippen LogP contribution in [0.3, 0.4) is 0 Å². The SMILES string of the molecule is CCCCCCCCCCCCC#CC#CCCCCCCCCC(=O)Oc1ccc(/C=C/c2ccc(OC)cc2)cc1. The molecule has 0 fully saturated rings. The second kappa shape index (κ2) is 25.1. The third-order valence-electron chi connectivity index (χ3n) is 7.52. The lowest BCUT2D eigenvalue weighted by Crippen LogP contribution is -2.07. The Kier molecular flexibility index (Phi) is 20.9. The second-order valence-electron chi connectivity index (χ2n) is 11.3. The van der Waals surface area contributed by atoms with Crippen LogP contribution in [0.2, 0.25) is 0 Å². The fourth-order valence-corrected chi connectivity index (χ4v) is 4.84. The van der Waals surface area contributed by atoms with E-state index < -0.39 is 0 Å². The number of methoxy groups -OCH3 is 1. The molecule has 43 heavy (non-hydrogen) atoms. The summed E-state index contributed by atoms with van der Waals surface area (Å²) in [6.45, 7) is 2.27. The van der Waals surface area contributed by atoms with Crippen LogP contribution in [0.15, 0.2) is 48.5 Å².